The number of thiazole rings is 1. The third-order valence-corrected chi connectivity index (χ3v) is 4.96. The van der Waals surface area contributed by atoms with Gasteiger partial charge in [0, 0.05) is 24.5 Å². The number of nitrogens with zero attached hydrogens (tertiary/aromatic N) is 3. The van der Waals surface area contributed by atoms with E-state index in [4.69, 9.17) is 0 Å². The molecule has 6 heteroatoms. The van der Waals surface area contributed by atoms with Crippen molar-refractivity contribution in [3.05, 3.63) is 77.6 Å². The van der Waals surface area contributed by atoms with E-state index < -0.39 is 0 Å². The maximum Gasteiger partial charge on any atom is 0.280 e. The average Bonchev–Trinajstić information content (AvgIpc) is 3.13. The summed E-state index contributed by atoms with van der Waals surface area (Å²) in [5.41, 5.74) is 2.82. The number of rotatable bonds is 5. The van der Waals surface area contributed by atoms with E-state index in [0.717, 1.165) is 21.3 Å². The number of fused-ring (bicyclic) bond motifs is 1. The molecule has 2 heterocycles. The summed E-state index contributed by atoms with van der Waals surface area (Å²) in [5.74, 6) is 0.556. The molecule has 4 rings (SSSR count). The zero-order valence-electron chi connectivity index (χ0n) is 13.9. The van der Waals surface area contributed by atoms with Crippen LogP contribution in [0, 0.1) is 0 Å². The number of hydrogen-bond acceptors (Lipinski definition) is 5. The lowest BCUT2D eigenvalue weighted by molar-refractivity contribution is 0.0954. The summed E-state index contributed by atoms with van der Waals surface area (Å²) in [6.07, 6.45) is 4.28. The van der Waals surface area contributed by atoms with Gasteiger partial charge in [-0.3, -0.25) is 4.79 Å². The van der Waals surface area contributed by atoms with Crippen LogP contribution in [0.25, 0.3) is 21.6 Å². The molecule has 0 saturated heterocycles. The molecule has 0 aliphatic rings. The van der Waals surface area contributed by atoms with Crippen molar-refractivity contribution in [3.63, 3.8) is 0 Å². The van der Waals surface area contributed by atoms with Crippen molar-refractivity contribution in [2.24, 2.45) is 0 Å². The van der Waals surface area contributed by atoms with Gasteiger partial charge in [0.2, 0.25) is 0 Å². The van der Waals surface area contributed by atoms with Gasteiger partial charge < -0.3 is 5.32 Å². The third kappa shape index (κ3) is 3.60. The number of benzene rings is 2. The Labute approximate surface area is 154 Å². The topological polar surface area (TPSA) is 67.8 Å². The predicted molar refractivity (Wildman–Crippen MR) is 103 cm³/mol. The lowest BCUT2D eigenvalue weighted by Gasteiger charge is -2.04. The largest absolute Gasteiger partial charge is 0.350 e. The first-order chi connectivity index (χ1) is 12.8. The molecule has 5 nitrogen and oxygen atoms in total. The summed E-state index contributed by atoms with van der Waals surface area (Å²) in [7, 11) is 0. The minimum Gasteiger partial charge on any atom is -0.350 e. The number of amides is 1. The van der Waals surface area contributed by atoms with Crippen LogP contribution in [0.5, 0.6) is 0 Å². The van der Waals surface area contributed by atoms with Crippen molar-refractivity contribution in [1.29, 1.82) is 0 Å². The molecule has 0 spiro atoms. The Kier molecular flexibility index (Phi) is 4.66. The summed E-state index contributed by atoms with van der Waals surface area (Å²) in [6.45, 7) is 0.517. The van der Waals surface area contributed by atoms with E-state index in [9.17, 15) is 4.79 Å². The summed E-state index contributed by atoms with van der Waals surface area (Å²) >= 11 is 1.40. The van der Waals surface area contributed by atoms with Crippen molar-refractivity contribution >= 4 is 27.5 Å². The molecule has 128 valence electrons. The van der Waals surface area contributed by atoms with Crippen LogP contribution in [0.4, 0.5) is 0 Å². The zero-order valence-corrected chi connectivity index (χ0v) is 14.7. The summed E-state index contributed by atoms with van der Waals surface area (Å²) in [4.78, 5) is 25.4. The fourth-order valence-corrected chi connectivity index (χ4v) is 3.47. The molecule has 0 aliphatic carbocycles. The van der Waals surface area contributed by atoms with E-state index in [0.29, 0.717) is 23.8 Å². The van der Waals surface area contributed by atoms with Crippen molar-refractivity contribution in [3.8, 4) is 11.4 Å². The molecule has 0 aliphatic heterocycles. The molecule has 0 bridgehead atoms. The van der Waals surface area contributed by atoms with Crippen LogP contribution in [0.1, 0.15) is 15.4 Å². The number of hydrogen-bond donors (Lipinski definition) is 1. The Hall–Kier alpha value is -3.12. The van der Waals surface area contributed by atoms with Crippen LogP contribution >= 0.6 is 11.3 Å². The van der Waals surface area contributed by atoms with Gasteiger partial charge in [-0.05, 0) is 24.1 Å². The van der Waals surface area contributed by atoms with Crippen LogP contribution in [-0.4, -0.2) is 27.4 Å². The summed E-state index contributed by atoms with van der Waals surface area (Å²) in [5, 5.41) is 3.40. The van der Waals surface area contributed by atoms with E-state index in [1.807, 2.05) is 54.6 Å². The fraction of sp³-hybridized carbons (Fsp3) is 0.100. The summed E-state index contributed by atoms with van der Waals surface area (Å²) in [6, 6.07) is 17.6. The smallest absolute Gasteiger partial charge is 0.280 e. The number of carbonyl (C=O) groups is 1. The first-order valence-corrected chi connectivity index (χ1v) is 9.11. The molecule has 1 amide bonds. The fourth-order valence-electron chi connectivity index (χ4n) is 2.59. The predicted octanol–water partition coefficient (Wildman–Crippen LogP) is 3.73. The lowest BCUT2D eigenvalue weighted by Crippen LogP contribution is -2.25. The van der Waals surface area contributed by atoms with Gasteiger partial charge in [0.05, 0.1) is 10.2 Å². The average molecular weight is 360 g/mol. The van der Waals surface area contributed by atoms with Crippen LogP contribution < -0.4 is 5.32 Å². The minimum atomic E-state index is -0.145. The van der Waals surface area contributed by atoms with Crippen LogP contribution in [0.3, 0.4) is 0 Å². The minimum absolute atomic E-state index is 0.145. The first kappa shape index (κ1) is 16.4. The second-order valence-corrected chi connectivity index (χ2v) is 6.80. The Morgan fingerprint density at radius 2 is 1.69 bits per heavy atom. The van der Waals surface area contributed by atoms with E-state index in [1.165, 1.54) is 11.3 Å². The summed E-state index contributed by atoms with van der Waals surface area (Å²) < 4.78 is 1.02. The van der Waals surface area contributed by atoms with Crippen molar-refractivity contribution in [1.82, 2.24) is 20.3 Å². The normalized spacial score (nSPS) is 10.8. The number of nitrogens with one attached hydrogen (secondary N) is 1. The molecule has 0 radical (unpaired) electrons. The SMILES string of the molecule is O=C(NCCc1cnc(-c2ccccc2)nc1)c1nc2ccccc2s1. The maximum atomic E-state index is 12.2. The molecule has 4 aromatic rings. The van der Waals surface area contributed by atoms with E-state index in [1.54, 1.807) is 12.4 Å². The third-order valence-electron chi connectivity index (χ3n) is 3.92. The Balaban J connectivity index is 1.35. The Bertz CT molecular complexity index is 996. The van der Waals surface area contributed by atoms with Crippen molar-refractivity contribution in [2.45, 2.75) is 6.42 Å². The highest BCUT2D eigenvalue weighted by Gasteiger charge is 2.11. The molecule has 0 atom stereocenters. The number of aromatic nitrogens is 3. The molecular formula is C20H16N4OS. The Morgan fingerprint density at radius 3 is 2.46 bits per heavy atom. The molecule has 0 unspecified atom stereocenters. The standard InChI is InChI=1S/C20H16N4OS/c25-19(20-24-16-8-4-5-9-17(16)26-20)21-11-10-14-12-22-18(23-13-14)15-6-2-1-3-7-15/h1-9,12-13H,10-11H2,(H,21,25). The van der Waals surface area contributed by atoms with Gasteiger partial charge in [0.25, 0.3) is 5.91 Å². The molecule has 2 aromatic carbocycles. The van der Waals surface area contributed by atoms with E-state index >= 15 is 0 Å². The molecule has 1 N–H and O–H groups in total. The van der Waals surface area contributed by atoms with Crippen LogP contribution in [0.2, 0.25) is 0 Å². The molecular weight excluding hydrogens is 344 g/mol. The monoisotopic (exact) mass is 360 g/mol. The van der Waals surface area contributed by atoms with Crippen molar-refractivity contribution in [2.75, 3.05) is 6.54 Å². The quantitative estimate of drug-likeness (QED) is 0.589. The van der Waals surface area contributed by atoms with Crippen molar-refractivity contribution < 1.29 is 4.79 Å². The van der Waals surface area contributed by atoms with Gasteiger partial charge in [0.1, 0.15) is 0 Å². The van der Waals surface area contributed by atoms with Gasteiger partial charge >= 0.3 is 0 Å². The second kappa shape index (κ2) is 7.41. The van der Waals surface area contributed by atoms with Crippen LogP contribution in [0.15, 0.2) is 67.0 Å². The Morgan fingerprint density at radius 1 is 0.962 bits per heavy atom. The van der Waals surface area contributed by atoms with E-state index in [2.05, 4.69) is 20.3 Å². The highest BCUT2D eigenvalue weighted by Crippen LogP contribution is 2.21. The number of para-hydroxylation sites is 1. The lowest BCUT2D eigenvalue weighted by atomic mass is 10.2. The van der Waals surface area contributed by atoms with Gasteiger partial charge in [0.15, 0.2) is 10.8 Å². The van der Waals surface area contributed by atoms with Gasteiger partial charge in [-0.2, -0.15) is 0 Å². The molecule has 0 fully saturated rings. The first-order valence-electron chi connectivity index (χ1n) is 8.30. The van der Waals surface area contributed by atoms with Gasteiger partial charge in [-0.25, -0.2) is 15.0 Å². The van der Waals surface area contributed by atoms with Gasteiger partial charge in [-0.1, -0.05) is 42.5 Å². The molecule has 26 heavy (non-hydrogen) atoms. The zero-order chi connectivity index (χ0) is 17.8. The molecule has 0 saturated carbocycles. The van der Waals surface area contributed by atoms with Crippen LogP contribution in [-0.2, 0) is 6.42 Å². The highest BCUT2D eigenvalue weighted by molar-refractivity contribution is 7.20. The van der Waals surface area contributed by atoms with E-state index in [-0.39, 0.29) is 5.91 Å². The van der Waals surface area contributed by atoms with Gasteiger partial charge in [-0.15, -0.1) is 11.3 Å². The maximum absolute atomic E-state index is 12.2. The number of carbonyl (C=O) groups excluding carboxylic acids is 1. The second-order valence-electron chi connectivity index (χ2n) is 5.77. The highest BCUT2D eigenvalue weighted by atomic mass is 32.1. The molecule has 2 aromatic heterocycles.